The van der Waals surface area contributed by atoms with Crippen molar-refractivity contribution in [1.82, 2.24) is 19.9 Å². The second-order valence-corrected chi connectivity index (χ2v) is 8.27. The van der Waals surface area contributed by atoms with Crippen molar-refractivity contribution in [2.75, 3.05) is 41.0 Å². The molecular formula is C17H26N6O4S. The van der Waals surface area contributed by atoms with E-state index in [0.29, 0.717) is 53.9 Å². The van der Waals surface area contributed by atoms with Gasteiger partial charge in [-0.1, -0.05) is 6.92 Å². The zero-order valence-corrected chi connectivity index (χ0v) is 17.1. The van der Waals surface area contributed by atoms with E-state index in [4.69, 9.17) is 4.74 Å². The van der Waals surface area contributed by atoms with Crippen LogP contribution in [-0.2, 0) is 10.8 Å². The minimum absolute atomic E-state index is 0.148. The third-order valence-electron chi connectivity index (χ3n) is 4.37. The minimum Gasteiger partial charge on any atom is -0.476 e. The van der Waals surface area contributed by atoms with E-state index >= 15 is 0 Å². The van der Waals surface area contributed by atoms with Crippen LogP contribution in [0.25, 0.3) is 11.0 Å². The predicted octanol–water partition coefficient (Wildman–Crippen LogP) is 0.260. The van der Waals surface area contributed by atoms with Crippen molar-refractivity contribution in [1.29, 1.82) is 0 Å². The standard InChI is InChI=1S/C17H26N6O4S/c1-4-7-27-16-14-13(18-10-19-16)15(22-5-8-28(26)9-6-22)21-17(20-14)23(11(2)24)12(3)25/h10-12,24-25H,4-9H2,1-3H3. The monoisotopic (exact) mass is 410 g/mol. The van der Waals surface area contributed by atoms with E-state index in [9.17, 15) is 14.4 Å². The smallest absolute Gasteiger partial charge is 0.244 e. The van der Waals surface area contributed by atoms with Gasteiger partial charge >= 0.3 is 0 Å². The Morgan fingerprint density at radius 3 is 2.46 bits per heavy atom. The fourth-order valence-electron chi connectivity index (χ4n) is 3.04. The van der Waals surface area contributed by atoms with Crippen LogP contribution in [-0.4, -0.2) is 78.0 Å². The van der Waals surface area contributed by atoms with Crippen molar-refractivity contribution >= 4 is 33.6 Å². The Kier molecular flexibility index (Phi) is 6.57. The second kappa shape index (κ2) is 8.93. The van der Waals surface area contributed by atoms with E-state index in [-0.39, 0.29) is 5.95 Å². The zero-order chi connectivity index (χ0) is 20.3. The van der Waals surface area contributed by atoms with Crippen LogP contribution in [0.2, 0.25) is 0 Å². The van der Waals surface area contributed by atoms with Gasteiger partial charge in [0, 0.05) is 35.4 Å². The van der Waals surface area contributed by atoms with Gasteiger partial charge in [-0.2, -0.15) is 9.97 Å². The number of aromatic nitrogens is 4. The van der Waals surface area contributed by atoms with Crippen molar-refractivity contribution in [2.24, 2.45) is 0 Å². The molecule has 1 saturated heterocycles. The first-order chi connectivity index (χ1) is 13.4. The predicted molar refractivity (Wildman–Crippen MR) is 107 cm³/mol. The lowest BCUT2D eigenvalue weighted by Gasteiger charge is -2.31. The molecule has 1 aliphatic rings. The number of hydrogen-bond donors (Lipinski definition) is 2. The molecular weight excluding hydrogens is 384 g/mol. The SMILES string of the molecule is CCCOc1ncnc2c(N3CCS(=O)CC3)nc(N(C(C)O)C(C)O)nc12. The van der Waals surface area contributed by atoms with Gasteiger partial charge in [0.25, 0.3) is 0 Å². The topological polar surface area (TPSA) is 125 Å². The molecule has 10 nitrogen and oxygen atoms in total. The molecule has 28 heavy (non-hydrogen) atoms. The lowest BCUT2D eigenvalue weighted by atomic mass is 10.3. The Bertz CT molecular complexity index is 832. The maximum Gasteiger partial charge on any atom is 0.244 e. The Hall–Kier alpha value is -2.11. The lowest BCUT2D eigenvalue weighted by Crippen LogP contribution is -2.42. The second-order valence-electron chi connectivity index (χ2n) is 6.58. The molecule has 2 atom stereocenters. The average molecular weight is 411 g/mol. The number of fused-ring (bicyclic) bond motifs is 1. The van der Waals surface area contributed by atoms with Crippen molar-refractivity contribution < 1.29 is 19.2 Å². The molecule has 2 N–H and O–H groups in total. The molecule has 2 aromatic rings. The van der Waals surface area contributed by atoms with Gasteiger partial charge < -0.3 is 19.8 Å². The molecule has 2 aromatic heterocycles. The van der Waals surface area contributed by atoms with Gasteiger partial charge in [-0.25, -0.2) is 9.97 Å². The summed E-state index contributed by atoms with van der Waals surface area (Å²) in [6.45, 7) is 6.65. The number of hydrogen-bond acceptors (Lipinski definition) is 10. The molecule has 1 fully saturated rings. The molecule has 3 rings (SSSR count). The van der Waals surface area contributed by atoms with Crippen LogP contribution in [0.4, 0.5) is 11.8 Å². The maximum absolute atomic E-state index is 11.8. The summed E-state index contributed by atoms with van der Waals surface area (Å²) in [6, 6.07) is 0. The van der Waals surface area contributed by atoms with E-state index < -0.39 is 23.3 Å². The van der Waals surface area contributed by atoms with E-state index in [2.05, 4.69) is 19.9 Å². The van der Waals surface area contributed by atoms with Crippen LogP contribution in [0, 0.1) is 0 Å². The molecule has 2 unspecified atom stereocenters. The number of nitrogens with zero attached hydrogens (tertiary/aromatic N) is 6. The van der Waals surface area contributed by atoms with Gasteiger partial charge in [0.1, 0.15) is 24.3 Å². The number of aliphatic hydroxyl groups excluding tert-OH is 2. The van der Waals surface area contributed by atoms with Gasteiger partial charge in [0.2, 0.25) is 11.8 Å². The largest absolute Gasteiger partial charge is 0.476 e. The first kappa shape index (κ1) is 20.6. The minimum atomic E-state index is -1.01. The van der Waals surface area contributed by atoms with Crippen LogP contribution < -0.4 is 14.5 Å². The molecule has 0 aliphatic carbocycles. The quantitative estimate of drug-likeness (QED) is 0.614. The molecule has 154 valence electrons. The molecule has 0 aromatic carbocycles. The van der Waals surface area contributed by atoms with E-state index in [0.717, 1.165) is 6.42 Å². The summed E-state index contributed by atoms with van der Waals surface area (Å²) in [5.74, 6) is 2.11. The maximum atomic E-state index is 11.8. The van der Waals surface area contributed by atoms with E-state index in [1.165, 1.54) is 25.1 Å². The number of rotatable bonds is 7. The van der Waals surface area contributed by atoms with Crippen molar-refractivity contribution in [3.63, 3.8) is 0 Å². The van der Waals surface area contributed by atoms with Crippen LogP contribution in [0.1, 0.15) is 27.2 Å². The highest BCUT2D eigenvalue weighted by atomic mass is 32.2. The van der Waals surface area contributed by atoms with Crippen LogP contribution in [0.15, 0.2) is 6.33 Å². The van der Waals surface area contributed by atoms with Gasteiger partial charge in [-0.05, 0) is 20.3 Å². The summed E-state index contributed by atoms with van der Waals surface area (Å²) in [5.41, 5.74) is 0.933. The fraction of sp³-hybridized carbons (Fsp3) is 0.647. The van der Waals surface area contributed by atoms with Gasteiger partial charge in [-0.3, -0.25) is 9.11 Å². The number of anilines is 2. The number of aliphatic hydroxyl groups is 2. The van der Waals surface area contributed by atoms with E-state index in [1.54, 1.807) is 0 Å². The van der Waals surface area contributed by atoms with Crippen LogP contribution >= 0.6 is 0 Å². The molecule has 0 radical (unpaired) electrons. The highest BCUT2D eigenvalue weighted by molar-refractivity contribution is 7.85. The zero-order valence-electron chi connectivity index (χ0n) is 16.3. The Labute approximate surface area is 166 Å². The molecule has 0 bridgehead atoms. The third kappa shape index (κ3) is 4.31. The molecule has 0 spiro atoms. The summed E-state index contributed by atoms with van der Waals surface area (Å²) in [7, 11) is -0.839. The highest BCUT2D eigenvalue weighted by Gasteiger charge is 2.27. The van der Waals surface area contributed by atoms with E-state index in [1.807, 2.05) is 11.8 Å². The summed E-state index contributed by atoms with van der Waals surface area (Å²) < 4.78 is 17.5. The van der Waals surface area contributed by atoms with Gasteiger partial charge in [0.05, 0.1) is 6.61 Å². The average Bonchev–Trinajstić information content (AvgIpc) is 2.66. The Morgan fingerprint density at radius 2 is 1.86 bits per heavy atom. The van der Waals surface area contributed by atoms with Crippen LogP contribution in [0.5, 0.6) is 5.88 Å². The molecule has 0 saturated carbocycles. The first-order valence-electron chi connectivity index (χ1n) is 9.32. The summed E-state index contributed by atoms with van der Waals surface area (Å²) in [4.78, 5) is 20.9. The number of ether oxygens (including phenoxy) is 1. The van der Waals surface area contributed by atoms with Crippen LogP contribution in [0.3, 0.4) is 0 Å². The van der Waals surface area contributed by atoms with Crippen molar-refractivity contribution in [2.45, 2.75) is 39.6 Å². The highest BCUT2D eigenvalue weighted by Crippen LogP contribution is 2.30. The fourth-order valence-corrected chi connectivity index (χ4v) is 4.09. The van der Waals surface area contributed by atoms with Crippen molar-refractivity contribution in [3.05, 3.63) is 6.33 Å². The molecule has 0 amide bonds. The van der Waals surface area contributed by atoms with Gasteiger partial charge in [-0.15, -0.1) is 0 Å². The third-order valence-corrected chi connectivity index (χ3v) is 5.65. The molecule has 3 heterocycles. The molecule has 1 aliphatic heterocycles. The normalized spacial score (nSPS) is 17.5. The molecule has 11 heteroatoms. The van der Waals surface area contributed by atoms with Crippen molar-refractivity contribution in [3.8, 4) is 5.88 Å². The Morgan fingerprint density at radius 1 is 1.18 bits per heavy atom. The lowest BCUT2D eigenvalue weighted by molar-refractivity contribution is 0.103. The first-order valence-corrected chi connectivity index (χ1v) is 10.8. The summed E-state index contributed by atoms with van der Waals surface area (Å²) >= 11 is 0. The summed E-state index contributed by atoms with van der Waals surface area (Å²) in [6.07, 6.45) is 0.192. The Balaban J connectivity index is 2.17. The summed E-state index contributed by atoms with van der Waals surface area (Å²) in [5, 5.41) is 20.2. The van der Waals surface area contributed by atoms with Gasteiger partial charge in [0.15, 0.2) is 11.3 Å².